The summed E-state index contributed by atoms with van der Waals surface area (Å²) in [6.45, 7) is 8.05. The molecular formula is C15H27N5OS. The molecule has 6 nitrogen and oxygen atoms in total. The first kappa shape index (κ1) is 17.2. The number of nitrogens with zero attached hydrogens (tertiary/aromatic N) is 4. The maximum atomic E-state index is 12.3. The number of carbonyl (C=O) groups is 1. The largest absolute Gasteiger partial charge is 0.350 e. The molecule has 0 saturated heterocycles. The van der Waals surface area contributed by atoms with Crippen LogP contribution in [0.25, 0.3) is 0 Å². The fraction of sp³-hybridized carbons (Fsp3) is 0.867. The summed E-state index contributed by atoms with van der Waals surface area (Å²) in [6.07, 6.45) is 6.91. The van der Waals surface area contributed by atoms with Crippen LogP contribution in [0.4, 0.5) is 0 Å². The predicted octanol–water partition coefficient (Wildman–Crippen LogP) is 2.96. The average molecular weight is 325 g/mol. The molecule has 0 aromatic carbocycles. The highest BCUT2D eigenvalue weighted by Crippen LogP contribution is 2.31. The zero-order chi connectivity index (χ0) is 16.2. The van der Waals surface area contributed by atoms with Gasteiger partial charge in [0.25, 0.3) is 0 Å². The second kappa shape index (κ2) is 7.44. The van der Waals surface area contributed by atoms with Crippen molar-refractivity contribution in [1.29, 1.82) is 0 Å². The van der Waals surface area contributed by atoms with Crippen LogP contribution in [0.15, 0.2) is 5.16 Å². The molecule has 1 heterocycles. The summed E-state index contributed by atoms with van der Waals surface area (Å²) in [4.78, 5) is 12.3. The van der Waals surface area contributed by atoms with E-state index in [1.807, 2.05) is 25.5 Å². The molecule has 1 fully saturated rings. The molecule has 1 saturated carbocycles. The molecule has 0 radical (unpaired) electrons. The van der Waals surface area contributed by atoms with E-state index in [2.05, 4.69) is 27.8 Å². The van der Waals surface area contributed by atoms with Crippen LogP contribution in [0, 0.1) is 0 Å². The van der Waals surface area contributed by atoms with Crippen molar-refractivity contribution in [3.05, 3.63) is 0 Å². The van der Waals surface area contributed by atoms with E-state index in [0.29, 0.717) is 6.04 Å². The summed E-state index contributed by atoms with van der Waals surface area (Å²) in [5.74, 6) is 0.0371. The average Bonchev–Trinajstić information content (AvgIpc) is 2.95. The van der Waals surface area contributed by atoms with Crippen molar-refractivity contribution < 1.29 is 4.79 Å². The lowest BCUT2D eigenvalue weighted by Crippen LogP contribution is -2.46. The molecule has 1 N–H and O–H groups in total. The zero-order valence-electron chi connectivity index (χ0n) is 14.0. The SMILES string of the molecule is CCC(C)(C)NC(=O)C(C)Sc1nnnn1C1CCCCC1. The Labute approximate surface area is 136 Å². The van der Waals surface area contributed by atoms with Gasteiger partial charge >= 0.3 is 0 Å². The van der Waals surface area contributed by atoms with Crippen molar-refractivity contribution in [3.8, 4) is 0 Å². The topological polar surface area (TPSA) is 72.7 Å². The van der Waals surface area contributed by atoms with Crippen molar-refractivity contribution >= 4 is 17.7 Å². The van der Waals surface area contributed by atoms with E-state index in [0.717, 1.165) is 24.4 Å². The van der Waals surface area contributed by atoms with Gasteiger partial charge in [0.2, 0.25) is 11.1 Å². The number of hydrogen-bond acceptors (Lipinski definition) is 5. The Balaban J connectivity index is 1.98. The van der Waals surface area contributed by atoms with Crippen molar-refractivity contribution in [2.24, 2.45) is 0 Å². The van der Waals surface area contributed by atoms with Gasteiger partial charge < -0.3 is 5.32 Å². The highest BCUT2D eigenvalue weighted by atomic mass is 32.2. The molecule has 1 aliphatic rings. The Kier molecular flexibility index (Phi) is 5.83. The van der Waals surface area contributed by atoms with Gasteiger partial charge in [-0.3, -0.25) is 4.79 Å². The van der Waals surface area contributed by atoms with E-state index in [9.17, 15) is 4.79 Å². The molecule has 2 rings (SSSR count). The van der Waals surface area contributed by atoms with Gasteiger partial charge in [-0.15, -0.1) is 5.10 Å². The fourth-order valence-corrected chi connectivity index (χ4v) is 3.41. The van der Waals surface area contributed by atoms with Crippen molar-refractivity contribution in [2.75, 3.05) is 0 Å². The van der Waals surface area contributed by atoms with E-state index >= 15 is 0 Å². The minimum Gasteiger partial charge on any atom is -0.350 e. The first-order valence-corrected chi connectivity index (χ1v) is 9.07. The van der Waals surface area contributed by atoms with Crippen molar-refractivity contribution in [3.63, 3.8) is 0 Å². The molecule has 1 amide bonds. The third-order valence-electron chi connectivity index (χ3n) is 4.38. The number of thioether (sulfide) groups is 1. The van der Waals surface area contributed by atoms with Gasteiger partial charge in [0, 0.05) is 5.54 Å². The van der Waals surface area contributed by atoms with Crippen molar-refractivity contribution in [2.45, 2.75) is 88.2 Å². The third-order valence-corrected chi connectivity index (χ3v) is 5.43. The fourth-order valence-electron chi connectivity index (χ4n) is 2.55. The predicted molar refractivity (Wildman–Crippen MR) is 87.8 cm³/mol. The molecule has 124 valence electrons. The summed E-state index contributed by atoms with van der Waals surface area (Å²) in [5, 5.41) is 15.7. The van der Waals surface area contributed by atoms with Crippen LogP contribution < -0.4 is 5.32 Å². The van der Waals surface area contributed by atoms with Gasteiger partial charge in [-0.25, -0.2) is 4.68 Å². The highest BCUT2D eigenvalue weighted by Gasteiger charge is 2.26. The molecule has 0 spiro atoms. The number of nitrogens with one attached hydrogen (secondary N) is 1. The summed E-state index contributed by atoms with van der Waals surface area (Å²) in [5.41, 5.74) is -0.179. The van der Waals surface area contributed by atoms with Crippen LogP contribution in [0.3, 0.4) is 0 Å². The molecule has 1 unspecified atom stereocenters. The standard InChI is InChI=1S/C15H27N5OS/c1-5-15(3,4)16-13(21)11(2)22-14-17-18-19-20(14)12-9-7-6-8-10-12/h11-12H,5-10H2,1-4H3,(H,16,21). The Morgan fingerprint density at radius 2 is 2.09 bits per heavy atom. The first-order valence-electron chi connectivity index (χ1n) is 8.19. The molecule has 7 heteroatoms. The lowest BCUT2D eigenvalue weighted by molar-refractivity contribution is -0.121. The maximum Gasteiger partial charge on any atom is 0.233 e. The minimum atomic E-state index is -0.209. The van der Waals surface area contributed by atoms with Gasteiger partial charge in [-0.1, -0.05) is 37.9 Å². The van der Waals surface area contributed by atoms with Crippen molar-refractivity contribution in [1.82, 2.24) is 25.5 Å². The number of carbonyl (C=O) groups excluding carboxylic acids is 1. The van der Waals surface area contributed by atoms with E-state index in [4.69, 9.17) is 0 Å². The van der Waals surface area contributed by atoms with Crippen LogP contribution in [-0.4, -0.2) is 36.9 Å². The Morgan fingerprint density at radius 1 is 1.41 bits per heavy atom. The normalized spacial score (nSPS) is 18.2. The quantitative estimate of drug-likeness (QED) is 0.814. The first-order chi connectivity index (χ1) is 10.4. The maximum absolute atomic E-state index is 12.3. The van der Waals surface area contributed by atoms with Crippen LogP contribution in [0.1, 0.15) is 72.3 Å². The number of aromatic nitrogens is 4. The third kappa shape index (κ3) is 4.44. The molecule has 1 aromatic rings. The molecule has 22 heavy (non-hydrogen) atoms. The lowest BCUT2D eigenvalue weighted by atomic mass is 9.96. The van der Waals surface area contributed by atoms with Gasteiger partial charge in [0.15, 0.2) is 0 Å². The number of amides is 1. The molecule has 0 aliphatic heterocycles. The van der Waals surface area contributed by atoms with Gasteiger partial charge in [0.1, 0.15) is 0 Å². The molecule has 0 bridgehead atoms. The summed E-state index contributed by atoms with van der Waals surface area (Å²) in [7, 11) is 0. The number of tetrazole rings is 1. The Morgan fingerprint density at radius 3 is 2.73 bits per heavy atom. The number of rotatable bonds is 6. The summed E-state index contributed by atoms with van der Waals surface area (Å²) in [6, 6.07) is 0.383. The van der Waals surface area contributed by atoms with E-state index < -0.39 is 0 Å². The van der Waals surface area contributed by atoms with Crippen LogP contribution in [0.2, 0.25) is 0 Å². The van der Waals surface area contributed by atoms with Crippen LogP contribution >= 0.6 is 11.8 Å². The summed E-state index contributed by atoms with van der Waals surface area (Å²) < 4.78 is 1.92. The number of hydrogen-bond donors (Lipinski definition) is 1. The second-order valence-corrected chi connectivity index (χ2v) is 7.99. The van der Waals surface area contributed by atoms with E-state index in [1.54, 1.807) is 0 Å². The molecule has 1 aromatic heterocycles. The van der Waals surface area contributed by atoms with Gasteiger partial charge in [0.05, 0.1) is 11.3 Å². The van der Waals surface area contributed by atoms with Crippen LogP contribution in [-0.2, 0) is 4.79 Å². The highest BCUT2D eigenvalue weighted by molar-refractivity contribution is 8.00. The smallest absolute Gasteiger partial charge is 0.233 e. The molecular weight excluding hydrogens is 298 g/mol. The zero-order valence-corrected chi connectivity index (χ0v) is 14.8. The Hall–Kier alpha value is -1.11. The molecule has 1 atom stereocenters. The van der Waals surface area contributed by atoms with E-state index in [-0.39, 0.29) is 16.7 Å². The molecule has 1 aliphatic carbocycles. The second-order valence-electron chi connectivity index (χ2n) is 6.68. The minimum absolute atomic E-state index is 0.0371. The van der Waals surface area contributed by atoms with Gasteiger partial charge in [-0.2, -0.15) is 0 Å². The Bertz CT molecular complexity index is 496. The lowest BCUT2D eigenvalue weighted by Gasteiger charge is -2.26. The van der Waals surface area contributed by atoms with Gasteiger partial charge in [-0.05, 0) is 50.5 Å². The van der Waals surface area contributed by atoms with E-state index in [1.165, 1.54) is 31.0 Å². The monoisotopic (exact) mass is 325 g/mol. The van der Waals surface area contributed by atoms with Crippen LogP contribution in [0.5, 0.6) is 0 Å². The summed E-state index contributed by atoms with van der Waals surface area (Å²) >= 11 is 1.44.